The van der Waals surface area contributed by atoms with E-state index in [1.165, 1.54) is 0 Å². The molecule has 1 atom stereocenters. The summed E-state index contributed by atoms with van der Waals surface area (Å²) in [4.78, 5) is 16.1. The fraction of sp³-hybridized carbons (Fsp3) is 0.350. The molecule has 138 valence electrons. The third-order valence-corrected chi connectivity index (χ3v) is 6.07. The van der Waals surface area contributed by atoms with Crippen LogP contribution in [-0.4, -0.2) is 30.2 Å². The molecule has 1 amide bonds. The fourth-order valence-electron chi connectivity index (χ4n) is 3.25. The van der Waals surface area contributed by atoms with E-state index in [0.29, 0.717) is 10.0 Å². The number of piperidine rings is 1. The van der Waals surface area contributed by atoms with E-state index in [4.69, 9.17) is 23.2 Å². The van der Waals surface area contributed by atoms with Crippen molar-refractivity contribution in [2.24, 2.45) is 5.92 Å². The summed E-state index contributed by atoms with van der Waals surface area (Å²) < 4.78 is 0. The Kier molecular flexibility index (Phi) is 6.87. The van der Waals surface area contributed by atoms with Gasteiger partial charge < -0.3 is 5.32 Å². The minimum absolute atomic E-state index is 0.00413. The largest absolute Gasteiger partial charge is 0.326 e. The van der Waals surface area contributed by atoms with Crippen molar-refractivity contribution in [3.63, 3.8) is 0 Å². The van der Waals surface area contributed by atoms with E-state index >= 15 is 0 Å². The van der Waals surface area contributed by atoms with Crippen molar-refractivity contribution in [2.75, 3.05) is 24.7 Å². The number of thioether (sulfide) groups is 1. The summed E-state index contributed by atoms with van der Waals surface area (Å²) in [6, 6.07) is 13.7. The number of carbonyl (C=O) groups excluding carboxylic acids is 1. The summed E-state index contributed by atoms with van der Waals surface area (Å²) in [6.07, 6.45) is 3.97. The zero-order valence-electron chi connectivity index (χ0n) is 14.7. The van der Waals surface area contributed by atoms with Gasteiger partial charge in [0.05, 0.1) is 16.0 Å². The summed E-state index contributed by atoms with van der Waals surface area (Å²) in [5.41, 5.74) is 1.98. The topological polar surface area (TPSA) is 32.3 Å². The maximum Gasteiger partial charge on any atom is 0.228 e. The van der Waals surface area contributed by atoms with Crippen LogP contribution in [0.1, 0.15) is 18.4 Å². The lowest BCUT2D eigenvalue weighted by molar-refractivity contribution is -0.121. The summed E-state index contributed by atoms with van der Waals surface area (Å²) in [5, 5.41) is 4.21. The standard InChI is InChI=1S/C20H22Cl2N2OS/c1-26-17-6-2-5-16(11-17)23-20(25)15-4-3-9-24(13-15)12-14-7-8-18(21)19(22)10-14/h2,5-8,10-11,15H,3-4,9,12-13H2,1H3,(H,23,25). The van der Waals surface area contributed by atoms with Crippen LogP contribution in [0.3, 0.4) is 0 Å². The molecule has 1 heterocycles. The van der Waals surface area contributed by atoms with Crippen LogP contribution in [0.15, 0.2) is 47.4 Å². The Hall–Kier alpha value is -1.20. The van der Waals surface area contributed by atoms with Gasteiger partial charge in [-0.1, -0.05) is 35.3 Å². The molecule has 0 spiro atoms. The molecular weight excluding hydrogens is 387 g/mol. The average molecular weight is 409 g/mol. The van der Waals surface area contributed by atoms with E-state index in [1.807, 2.05) is 48.7 Å². The average Bonchev–Trinajstić information content (AvgIpc) is 2.65. The second-order valence-electron chi connectivity index (χ2n) is 6.54. The molecule has 6 heteroatoms. The number of rotatable bonds is 5. The second-order valence-corrected chi connectivity index (χ2v) is 8.24. The number of amides is 1. The Morgan fingerprint density at radius 2 is 2.08 bits per heavy atom. The Bertz CT molecular complexity index is 784. The zero-order chi connectivity index (χ0) is 18.5. The highest BCUT2D eigenvalue weighted by molar-refractivity contribution is 7.98. The first-order valence-electron chi connectivity index (χ1n) is 8.66. The molecule has 0 aromatic heterocycles. The number of hydrogen-bond acceptors (Lipinski definition) is 3. The van der Waals surface area contributed by atoms with Crippen molar-refractivity contribution in [3.8, 4) is 0 Å². The molecule has 1 aliphatic heterocycles. The number of benzene rings is 2. The first kappa shape index (κ1) is 19.6. The molecule has 1 unspecified atom stereocenters. The van der Waals surface area contributed by atoms with Crippen LogP contribution >= 0.6 is 35.0 Å². The minimum atomic E-state index is 0.00413. The van der Waals surface area contributed by atoms with Gasteiger partial charge in [-0.25, -0.2) is 0 Å². The van der Waals surface area contributed by atoms with Gasteiger partial charge in [-0.05, 0) is 61.5 Å². The van der Waals surface area contributed by atoms with E-state index in [1.54, 1.807) is 11.8 Å². The zero-order valence-corrected chi connectivity index (χ0v) is 17.0. The van der Waals surface area contributed by atoms with Gasteiger partial charge in [0.1, 0.15) is 0 Å². The van der Waals surface area contributed by atoms with Crippen molar-refractivity contribution >= 4 is 46.6 Å². The van der Waals surface area contributed by atoms with Crippen molar-refractivity contribution in [3.05, 3.63) is 58.1 Å². The van der Waals surface area contributed by atoms with E-state index in [2.05, 4.69) is 10.2 Å². The SMILES string of the molecule is CSc1cccc(NC(=O)C2CCCN(Cc3ccc(Cl)c(Cl)c3)C2)c1. The van der Waals surface area contributed by atoms with Gasteiger partial charge in [0, 0.05) is 23.7 Å². The maximum atomic E-state index is 12.7. The van der Waals surface area contributed by atoms with Crippen LogP contribution < -0.4 is 5.32 Å². The van der Waals surface area contributed by atoms with Gasteiger partial charge in [0.2, 0.25) is 5.91 Å². The highest BCUT2D eigenvalue weighted by Crippen LogP contribution is 2.26. The molecule has 1 saturated heterocycles. The number of anilines is 1. The lowest BCUT2D eigenvalue weighted by Crippen LogP contribution is -2.40. The second kappa shape index (κ2) is 9.14. The molecular formula is C20H22Cl2N2OS. The Balaban J connectivity index is 1.60. The summed E-state index contributed by atoms with van der Waals surface area (Å²) in [6.45, 7) is 2.53. The van der Waals surface area contributed by atoms with Crippen molar-refractivity contribution in [1.29, 1.82) is 0 Å². The molecule has 3 rings (SSSR count). The van der Waals surface area contributed by atoms with Gasteiger partial charge in [0.25, 0.3) is 0 Å². The monoisotopic (exact) mass is 408 g/mol. The summed E-state index contributed by atoms with van der Waals surface area (Å²) in [5.74, 6) is 0.103. The quantitative estimate of drug-likeness (QED) is 0.656. The van der Waals surface area contributed by atoms with Crippen LogP contribution in [0, 0.1) is 5.92 Å². The van der Waals surface area contributed by atoms with E-state index in [9.17, 15) is 4.79 Å². The summed E-state index contributed by atoms with van der Waals surface area (Å²) >= 11 is 13.8. The molecule has 1 aliphatic rings. The molecule has 0 aliphatic carbocycles. The Morgan fingerprint density at radius 1 is 1.23 bits per heavy atom. The van der Waals surface area contributed by atoms with Crippen LogP contribution in [0.5, 0.6) is 0 Å². The smallest absolute Gasteiger partial charge is 0.228 e. The first-order chi connectivity index (χ1) is 12.5. The molecule has 26 heavy (non-hydrogen) atoms. The highest BCUT2D eigenvalue weighted by Gasteiger charge is 2.26. The molecule has 3 nitrogen and oxygen atoms in total. The Morgan fingerprint density at radius 3 is 2.85 bits per heavy atom. The lowest BCUT2D eigenvalue weighted by atomic mass is 9.96. The minimum Gasteiger partial charge on any atom is -0.326 e. The Labute approximate surface area is 169 Å². The molecule has 0 saturated carbocycles. The van der Waals surface area contributed by atoms with E-state index in [-0.39, 0.29) is 11.8 Å². The number of hydrogen-bond donors (Lipinski definition) is 1. The number of carbonyl (C=O) groups is 1. The molecule has 1 N–H and O–H groups in total. The lowest BCUT2D eigenvalue weighted by Gasteiger charge is -2.32. The van der Waals surface area contributed by atoms with Gasteiger partial charge in [-0.15, -0.1) is 11.8 Å². The predicted octanol–water partition coefficient (Wildman–Crippen LogP) is 5.57. The predicted molar refractivity (Wildman–Crippen MR) is 111 cm³/mol. The maximum absolute atomic E-state index is 12.7. The summed E-state index contributed by atoms with van der Waals surface area (Å²) in [7, 11) is 0. The van der Waals surface area contributed by atoms with Crippen molar-refractivity contribution < 1.29 is 4.79 Å². The number of halogens is 2. The van der Waals surface area contributed by atoms with Gasteiger partial charge >= 0.3 is 0 Å². The fourth-order valence-corrected chi connectivity index (χ4v) is 4.03. The molecule has 0 bridgehead atoms. The number of nitrogens with zero attached hydrogens (tertiary/aromatic N) is 1. The van der Waals surface area contributed by atoms with Crippen LogP contribution in [0.4, 0.5) is 5.69 Å². The van der Waals surface area contributed by atoms with E-state index in [0.717, 1.165) is 48.6 Å². The molecule has 1 fully saturated rings. The number of likely N-dealkylation sites (tertiary alicyclic amines) is 1. The third-order valence-electron chi connectivity index (χ3n) is 4.60. The molecule has 0 radical (unpaired) electrons. The highest BCUT2D eigenvalue weighted by atomic mass is 35.5. The van der Waals surface area contributed by atoms with Crippen molar-refractivity contribution in [2.45, 2.75) is 24.3 Å². The van der Waals surface area contributed by atoms with Crippen LogP contribution in [0.2, 0.25) is 10.0 Å². The molecule has 2 aromatic carbocycles. The number of nitrogens with one attached hydrogen (secondary N) is 1. The first-order valence-corrected chi connectivity index (χ1v) is 10.6. The van der Waals surface area contributed by atoms with Gasteiger partial charge in [0.15, 0.2) is 0 Å². The van der Waals surface area contributed by atoms with Crippen LogP contribution in [-0.2, 0) is 11.3 Å². The molecule has 2 aromatic rings. The normalized spacial score (nSPS) is 17.9. The van der Waals surface area contributed by atoms with Crippen LogP contribution in [0.25, 0.3) is 0 Å². The van der Waals surface area contributed by atoms with E-state index < -0.39 is 0 Å². The van der Waals surface area contributed by atoms with Gasteiger partial charge in [-0.2, -0.15) is 0 Å². The third kappa shape index (κ3) is 5.17. The van der Waals surface area contributed by atoms with Crippen molar-refractivity contribution in [1.82, 2.24) is 4.90 Å². The van der Waals surface area contributed by atoms with Gasteiger partial charge in [-0.3, -0.25) is 9.69 Å².